The van der Waals surface area contributed by atoms with E-state index < -0.39 is 0 Å². The number of nitrogens with one attached hydrogen (secondary N) is 1. The number of thiophene rings is 1. The van der Waals surface area contributed by atoms with Crippen LogP contribution in [0.25, 0.3) is 0 Å². The lowest BCUT2D eigenvalue weighted by Gasteiger charge is -2.22. The van der Waals surface area contributed by atoms with Crippen molar-refractivity contribution in [1.29, 1.82) is 0 Å². The number of amides is 1. The fourth-order valence-corrected chi connectivity index (χ4v) is 3.48. The van der Waals surface area contributed by atoms with E-state index in [-0.39, 0.29) is 23.7 Å². The molecule has 4 nitrogen and oxygen atoms in total. The van der Waals surface area contributed by atoms with Crippen LogP contribution in [0.3, 0.4) is 0 Å². The molecule has 120 valence electrons. The molecule has 0 spiro atoms. The molecule has 2 rings (SSSR count). The Morgan fingerprint density at radius 2 is 2.19 bits per heavy atom. The number of carbonyl (C=O) groups excluding carboxylic acids is 1. The van der Waals surface area contributed by atoms with Crippen LogP contribution in [0.4, 0.5) is 0 Å². The molecule has 0 saturated carbocycles. The normalized spacial score (nSPS) is 22.0. The third-order valence-corrected chi connectivity index (χ3v) is 5.25. The van der Waals surface area contributed by atoms with E-state index >= 15 is 0 Å². The molecule has 2 heterocycles. The summed E-state index contributed by atoms with van der Waals surface area (Å²) in [7, 11) is 0. The summed E-state index contributed by atoms with van der Waals surface area (Å²) in [5, 5.41) is 3.01. The molecule has 1 aliphatic heterocycles. The minimum Gasteiger partial charge on any atom is -0.350 e. The lowest BCUT2D eigenvalue weighted by molar-refractivity contribution is -0.122. The van der Waals surface area contributed by atoms with Gasteiger partial charge in [0.25, 0.3) is 0 Å². The Bertz CT molecular complexity index is 466. The van der Waals surface area contributed by atoms with Crippen LogP contribution < -0.4 is 11.1 Å². The second-order valence-corrected chi connectivity index (χ2v) is 7.23. The highest BCUT2D eigenvalue weighted by Crippen LogP contribution is 2.27. The summed E-state index contributed by atoms with van der Waals surface area (Å²) in [5.74, 6) is 0.109. The second kappa shape index (κ2) is 8.13. The number of hydrogen-bond acceptors (Lipinski definition) is 4. The van der Waals surface area contributed by atoms with Crippen molar-refractivity contribution in [2.75, 3.05) is 26.2 Å². The van der Waals surface area contributed by atoms with Crippen molar-refractivity contribution >= 4 is 29.7 Å². The van der Waals surface area contributed by atoms with Crippen molar-refractivity contribution in [2.45, 2.75) is 33.2 Å². The average Bonchev–Trinajstić information content (AvgIpc) is 3.04. The van der Waals surface area contributed by atoms with Gasteiger partial charge < -0.3 is 11.1 Å². The van der Waals surface area contributed by atoms with Crippen molar-refractivity contribution in [3.05, 3.63) is 21.9 Å². The van der Waals surface area contributed by atoms with Gasteiger partial charge in [0.15, 0.2) is 0 Å². The predicted molar refractivity (Wildman–Crippen MR) is 91.0 cm³/mol. The van der Waals surface area contributed by atoms with Crippen molar-refractivity contribution in [2.24, 2.45) is 11.1 Å². The molecule has 1 fully saturated rings. The van der Waals surface area contributed by atoms with E-state index in [9.17, 15) is 4.79 Å². The van der Waals surface area contributed by atoms with E-state index in [0.29, 0.717) is 19.6 Å². The lowest BCUT2D eigenvalue weighted by atomic mass is 9.90. The minimum atomic E-state index is 0. The first-order valence-electron chi connectivity index (χ1n) is 7.31. The number of rotatable bonds is 6. The zero-order valence-corrected chi connectivity index (χ0v) is 14.5. The Morgan fingerprint density at radius 1 is 1.48 bits per heavy atom. The van der Waals surface area contributed by atoms with Crippen molar-refractivity contribution in [1.82, 2.24) is 10.2 Å². The van der Waals surface area contributed by atoms with Crippen LogP contribution in [0, 0.1) is 5.41 Å². The van der Waals surface area contributed by atoms with E-state index in [1.807, 2.05) is 0 Å². The molecular weight excluding hydrogens is 306 g/mol. The van der Waals surface area contributed by atoms with Crippen molar-refractivity contribution in [3.8, 4) is 0 Å². The molecule has 3 N–H and O–H groups in total. The maximum Gasteiger partial charge on any atom is 0.234 e. The first-order valence-corrected chi connectivity index (χ1v) is 8.13. The quantitative estimate of drug-likeness (QED) is 0.838. The Hall–Kier alpha value is -0.620. The van der Waals surface area contributed by atoms with Crippen LogP contribution in [0.5, 0.6) is 0 Å². The van der Waals surface area contributed by atoms with Gasteiger partial charge in [-0.05, 0) is 43.5 Å². The summed E-state index contributed by atoms with van der Waals surface area (Å²) in [6.07, 6.45) is 2.14. The van der Waals surface area contributed by atoms with E-state index in [4.69, 9.17) is 5.73 Å². The fourth-order valence-electron chi connectivity index (χ4n) is 2.58. The van der Waals surface area contributed by atoms with E-state index in [1.165, 1.54) is 9.75 Å². The van der Waals surface area contributed by atoms with Crippen LogP contribution >= 0.6 is 23.7 Å². The first kappa shape index (κ1) is 18.4. The number of nitrogens with zero attached hydrogens (tertiary/aromatic N) is 1. The summed E-state index contributed by atoms with van der Waals surface area (Å²) < 4.78 is 0. The molecule has 1 saturated heterocycles. The number of carbonyl (C=O) groups is 1. The van der Waals surface area contributed by atoms with E-state index in [0.717, 1.165) is 25.9 Å². The van der Waals surface area contributed by atoms with Gasteiger partial charge >= 0.3 is 0 Å². The molecule has 1 atom stereocenters. The maximum absolute atomic E-state index is 12.0. The molecule has 1 unspecified atom stereocenters. The Kier molecular flexibility index (Phi) is 7.13. The molecule has 1 aromatic rings. The number of aryl methyl sites for hydroxylation is 1. The second-order valence-electron chi connectivity index (χ2n) is 5.97. The monoisotopic (exact) mass is 331 g/mol. The van der Waals surface area contributed by atoms with Crippen molar-refractivity contribution in [3.63, 3.8) is 0 Å². The van der Waals surface area contributed by atoms with Gasteiger partial charge in [0.2, 0.25) is 5.91 Å². The van der Waals surface area contributed by atoms with Gasteiger partial charge in [0.1, 0.15) is 0 Å². The number of likely N-dealkylation sites (tertiary alicyclic amines) is 1. The Morgan fingerprint density at radius 3 is 2.76 bits per heavy atom. The van der Waals surface area contributed by atoms with Gasteiger partial charge in [-0.1, -0.05) is 13.8 Å². The van der Waals surface area contributed by atoms with Crippen LogP contribution in [0.15, 0.2) is 12.1 Å². The van der Waals surface area contributed by atoms with Gasteiger partial charge in [-0.25, -0.2) is 0 Å². The third kappa shape index (κ3) is 5.25. The molecule has 0 aliphatic carbocycles. The SMILES string of the molecule is CCc1ccc(CNC(=O)CN2CCC(C)(CN)C2)s1.Cl. The van der Waals surface area contributed by atoms with Crippen LogP contribution in [-0.2, 0) is 17.8 Å². The van der Waals surface area contributed by atoms with Crippen LogP contribution in [0.1, 0.15) is 30.0 Å². The molecule has 21 heavy (non-hydrogen) atoms. The Balaban J connectivity index is 0.00000220. The largest absolute Gasteiger partial charge is 0.350 e. The van der Waals surface area contributed by atoms with Gasteiger partial charge in [0.05, 0.1) is 13.1 Å². The molecule has 0 radical (unpaired) electrons. The zero-order chi connectivity index (χ0) is 14.6. The highest BCUT2D eigenvalue weighted by Gasteiger charge is 2.32. The van der Waals surface area contributed by atoms with Crippen LogP contribution in [-0.4, -0.2) is 37.0 Å². The maximum atomic E-state index is 12.0. The van der Waals surface area contributed by atoms with E-state index in [1.54, 1.807) is 11.3 Å². The summed E-state index contributed by atoms with van der Waals surface area (Å²) in [5.41, 5.74) is 5.97. The van der Waals surface area contributed by atoms with Gasteiger partial charge in [0, 0.05) is 16.3 Å². The third-order valence-electron chi connectivity index (χ3n) is 4.02. The number of nitrogens with two attached hydrogens (primary N) is 1. The zero-order valence-electron chi connectivity index (χ0n) is 12.9. The number of halogens is 1. The summed E-state index contributed by atoms with van der Waals surface area (Å²) in [4.78, 5) is 16.8. The first-order chi connectivity index (χ1) is 9.54. The molecule has 1 amide bonds. The molecule has 1 aromatic heterocycles. The molecule has 6 heteroatoms. The molecule has 0 aromatic carbocycles. The van der Waals surface area contributed by atoms with Crippen molar-refractivity contribution < 1.29 is 4.79 Å². The highest BCUT2D eigenvalue weighted by atomic mass is 35.5. The lowest BCUT2D eigenvalue weighted by Crippen LogP contribution is -2.38. The predicted octanol–water partition coefficient (Wildman–Crippen LogP) is 2.02. The summed E-state index contributed by atoms with van der Waals surface area (Å²) >= 11 is 1.78. The highest BCUT2D eigenvalue weighted by molar-refractivity contribution is 7.11. The molecule has 1 aliphatic rings. The van der Waals surface area contributed by atoms with Gasteiger partial charge in [-0.3, -0.25) is 9.69 Å². The van der Waals surface area contributed by atoms with Gasteiger partial charge in [-0.15, -0.1) is 23.7 Å². The molecule has 0 bridgehead atoms. The molecular formula is C15H26ClN3OS. The topological polar surface area (TPSA) is 58.4 Å². The van der Waals surface area contributed by atoms with E-state index in [2.05, 4.69) is 36.2 Å². The summed E-state index contributed by atoms with van der Waals surface area (Å²) in [6.45, 7) is 8.07. The smallest absolute Gasteiger partial charge is 0.234 e. The number of hydrogen-bond donors (Lipinski definition) is 2. The fraction of sp³-hybridized carbons (Fsp3) is 0.667. The van der Waals surface area contributed by atoms with Gasteiger partial charge in [-0.2, -0.15) is 0 Å². The minimum absolute atomic E-state index is 0. The summed E-state index contributed by atoms with van der Waals surface area (Å²) in [6, 6.07) is 4.24. The standard InChI is InChI=1S/C15H25N3OS.ClH/c1-3-12-4-5-13(20-12)8-17-14(19)9-18-7-6-15(2,10-16)11-18;/h4-5H,3,6-11,16H2,1-2H3,(H,17,19);1H. The average molecular weight is 332 g/mol. The van der Waals surface area contributed by atoms with Crippen LogP contribution in [0.2, 0.25) is 0 Å². The Labute approximate surface area is 137 Å².